The highest BCUT2D eigenvalue weighted by Gasteiger charge is 2.36. The van der Waals surface area contributed by atoms with Gasteiger partial charge in [-0.1, -0.05) is 41.0 Å². The molecule has 360 valence electrons. The molecule has 63 heavy (non-hydrogen) atoms. The number of ketones is 1. The van der Waals surface area contributed by atoms with Crippen LogP contribution in [0.4, 0.5) is 0 Å². The molecule has 0 aromatic carbocycles. The zero-order valence-electron chi connectivity index (χ0n) is 39.7. The van der Waals surface area contributed by atoms with E-state index in [4.69, 9.17) is 14.2 Å². The maximum Gasteiger partial charge on any atom is 0.376 e. The summed E-state index contributed by atoms with van der Waals surface area (Å²) in [5, 5.41) is 15.6. The number of rotatable bonds is 27. The van der Waals surface area contributed by atoms with E-state index in [-0.39, 0.29) is 45.1 Å². The SMILES string of the molecule is CCCC(NC(=O)[C@H](CCSC)NC(=O)[C@@H](NC(=O)[C@@H](NC(=O)[C@H](CCC(=O)OC(C)(C)C)NC(=O)[C@H](CCC(=O)OC(C)(C)C)NC(C)=O)C(C)C)C(C)C)C(=O)C(=O)OCC. The van der Waals surface area contributed by atoms with E-state index in [1.54, 1.807) is 89.3 Å². The quantitative estimate of drug-likeness (QED) is 0.0392. The van der Waals surface area contributed by atoms with Gasteiger partial charge in [0.15, 0.2) is 0 Å². The summed E-state index contributed by atoms with van der Waals surface area (Å²) in [7, 11) is 0. The van der Waals surface area contributed by atoms with E-state index in [0.717, 1.165) is 0 Å². The Labute approximate surface area is 376 Å². The van der Waals surface area contributed by atoms with Gasteiger partial charge in [0.2, 0.25) is 35.4 Å². The van der Waals surface area contributed by atoms with Gasteiger partial charge in [0.05, 0.1) is 12.6 Å². The normalized spacial score (nSPS) is 14.4. The zero-order valence-corrected chi connectivity index (χ0v) is 40.5. The molecular formula is C43H74N6O13S. The molecule has 0 aromatic rings. The van der Waals surface area contributed by atoms with Crippen molar-refractivity contribution in [2.24, 2.45) is 11.8 Å². The first-order valence-electron chi connectivity index (χ1n) is 21.5. The van der Waals surface area contributed by atoms with Crippen LogP contribution in [0.5, 0.6) is 0 Å². The fraction of sp³-hybridized carbons (Fsp3) is 0.767. The van der Waals surface area contributed by atoms with Crippen molar-refractivity contribution in [3.05, 3.63) is 0 Å². The summed E-state index contributed by atoms with van der Waals surface area (Å²) >= 11 is 1.41. The molecule has 0 aromatic heterocycles. The minimum Gasteiger partial charge on any atom is -0.460 e. The number of thioether (sulfide) groups is 1. The molecule has 0 aliphatic heterocycles. The topological polar surface area (TPSA) is 271 Å². The smallest absolute Gasteiger partial charge is 0.376 e. The second kappa shape index (κ2) is 28.1. The number of carbonyl (C=O) groups is 10. The van der Waals surface area contributed by atoms with E-state index in [9.17, 15) is 47.9 Å². The van der Waals surface area contributed by atoms with Crippen molar-refractivity contribution in [2.75, 3.05) is 18.6 Å². The molecule has 0 saturated heterocycles. The first-order chi connectivity index (χ1) is 29.1. The van der Waals surface area contributed by atoms with Crippen molar-refractivity contribution in [1.82, 2.24) is 31.9 Å². The third-order valence-corrected chi connectivity index (χ3v) is 9.51. The summed E-state index contributed by atoms with van der Waals surface area (Å²) in [6.45, 7) is 21.1. The molecule has 19 nitrogen and oxygen atoms in total. The summed E-state index contributed by atoms with van der Waals surface area (Å²) in [6.07, 6.45) is 1.53. The van der Waals surface area contributed by atoms with Crippen molar-refractivity contribution in [1.29, 1.82) is 0 Å². The van der Waals surface area contributed by atoms with E-state index >= 15 is 0 Å². The average Bonchev–Trinajstić information content (AvgIpc) is 3.14. The number of esters is 3. The molecule has 0 spiro atoms. The third-order valence-electron chi connectivity index (χ3n) is 8.87. The maximum absolute atomic E-state index is 14.0. The molecule has 6 atom stereocenters. The van der Waals surface area contributed by atoms with Crippen LogP contribution in [0.1, 0.15) is 135 Å². The minimum atomic E-state index is -1.44. The van der Waals surface area contributed by atoms with Crippen molar-refractivity contribution in [2.45, 2.75) is 182 Å². The summed E-state index contributed by atoms with van der Waals surface area (Å²) in [4.78, 5) is 131. The van der Waals surface area contributed by atoms with Gasteiger partial charge < -0.3 is 46.1 Å². The Morgan fingerprint density at radius 2 is 0.905 bits per heavy atom. The van der Waals surface area contributed by atoms with Gasteiger partial charge in [-0.15, -0.1) is 0 Å². The summed E-state index contributed by atoms with van der Waals surface area (Å²) < 4.78 is 15.5. The van der Waals surface area contributed by atoms with Crippen LogP contribution in [-0.2, 0) is 62.2 Å². The predicted molar refractivity (Wildman–Crippen MR) is 237 cm³/mol. The van der Waals surface area contributed by atoms with Crippen molar-refractivity contribution in [3.8, 4) is 0 Å². The molecule has 0 rings (SSSR count). The van der Waals surface area contributed by atoms with Gasteiger partial charge in [0, 0.05) is 19.8 Å². The molecule has 0 saturated carbocycles. The number of hydrogen-bond donors (Lipinski definition) is 6. The lowest BCUT2D eigenvalue weighted by molar-refractivity contribution is -0.156. The average molecular weight is 915 g/mol. The highest BCUT2D eigenvalue weighted by atomic mass is 32.2. The molecule has 0 fully saturated rings. The Balaban J connectivity index is 6.48. The summed E-state index contributed by atoms with van der Waals surface area (Å²) in [6, 6.07) is -7.57. The monoisotopic (exact) mass is 915 g/mol. The zero-order chi connectivity index (χ0) is 48.8. The van der Waals surface area contributed by atoms with Gasteiger partial charge >= 0.3 is 17.9 Å². The van der Waals surface area contributed by atoms with Crippen LogP contribution in [0.2, 0.25) is 0 Å². The van der Waals surface area contributed by atoms with Crippen LogP contribution in [0.3, 0.4) is 0 Å². The van der Waals surface area contributed by atoms with Crippen LogP contribution >= 0.6 is 11.8 Å². The summed E-state index contributed by atoms with van der Waals surface area (Å²) in [5.74, 6) is -8.49. The first kappa shape index (κ1) is 58.2. The molecule has 6 amide bonds. The van der Waals surface area contributed by atoms with E-state index < -0.39 is 118 Å². The molecule has 0 bridgehead atoms. The molecule has 1 unspecified atom stereocenters. The van der Waals surface area contributed by atoms with E-state index in [2.05, 4.69) is 31.9 Å². The van der Waals surface area contributed by atoms with Gasteiger partial charge in [-0.25, -0.2) is 4.79 Å². The fourth-order valence-electron chi connectivity index (χ4n) is 5.87. The lowest BCUT2D eigenvalue weighted by Gasteiger charge is -2.30. The second-order valence-electron chi connectivity index (χ2n) is 17.8. The van der Waals surface area contributed by atoms with Crippen molar-refractivity contribution < 1.29 is 62.2 Å². The van der Waals surface area contributed by atoms with E-state index in [1.807, 2.05) is 0 Å². The van der Waals surface area contributed by atoms with Crippen LogP contribution in [-0.4, -0.2) is 125 Å². The first-order valence-corrected chi connectivity index (χ1v) is 22.9. The lowest BCUT2D eigenvalue weighted by Crippen LogP contribution is -2.61. The van der Waals surface area contributed by atoms with Gasteiger partial charge in [0.25, 0.3) is 5.78 Å². The highest BCUT2D eigenvalue weighted by molar-refractivity contribution is 7.98. The van der Waals surface area contributed by atoms with Gasteiger partial charge in [-0.05, 0) is 98.0 Å². The fourth-order valence-corrected chi connectivity index (χ4v) is 6.34. The van der Waals surface area contributed by atoms with Crippen molar-refractivity contribution >= 4 is 70.9 Å². The lowest BCUT2D eigenvalue weighted by atomic mass is 9.98. The van der Waals surface area contributed by atoms with Crippen LogP contribution in [0, 0.1) is 11.8 Å². The van der Waals surface area contributed by atoms with Gasteiger partial charge in [-0.3, -0.25) is 43.2 Å². The molecular weight excluding hydrogens is 841 g/mol. The largest absolute Gasteiger partial charge is 0.460 e. The van der Waals surface area contributed by atoms with Gasteiger partial charge in [-0.2, -0.15) is 11.8 Å². The molecule has 6 N–H and O–H groups in total. The maximum atomic E-state index is 14.0. The number of amides is 6. The Hall–Kier alpha value is -4.75. The van der Waals surface area contributed by atoms with E-state index in [0.29, 0.717) is 12.2 Å². The molecule has 0 aliphatic carbocycles. The number of Topliss-reactive ketones (excluding diaryl/α,β-unsaturated/α-hetero) is 1. The highest BCUT2D eigenvalue weighted by Crippen LogP contribution is 2.15. The Bertz CT molecular complexity index is 1590. The Morgan fingerprint density at radius 1 is 0.524 bits per heavy atom. The summed E-state index contributed by atoms with van der Waals surface area (Å²) in [5.41, 5.74) is -1.65. The van der Waals surface area contributed by atoms with Gasteiger partial charge in [0.1, 0.15) is 41.4 Å². The minimum absolute atomic E-state index is 0.0300. The number of hydrogen-bond acceptors (Lipinski definition) is 14. The second-order valence-corrected chi connectivity index (χ2v) is 18.8. The molecule has 20 heteroatoms. The standard InChI is InChI=1S/C43H74N6O13S/c1-15-17-27(35(53)41(59)60-16-2)45-37(55)30(22-23-63-14)47-39(57)33(24(3)4)49-40(58)34(25(5)6)48-38(56)29(19-21-32(52)62-43(11,12)13)46-36(54)28(44-26(7)50)18-20-31(51)61-42(8,9)10/h24-25,27-30,33-34H,15-23H2,1-14H3,(H,44,50)(H,45,55)(H,46,54)(H,47,57)(H,48,56)(H,49,58)/t27?,28-,29-,30-,33-,34-/m0/s1. The number of nitrogens with one attached hydrogen (secondary N) is 6. The van der Waals surface area contributed by atoms with Crippen LogP contribution in [0.25, 0.3) is 0 Å². The molecule has 0 radical (unpaired) electrons. The third kappa shape index (κ3) is 24.0. The number of carbonyl (C=O) groups excluding carboxylic acids is 10. The Kier molecular flexibility index (Phi) is 26.0. The molecule has 0 heterocycles. The Morgan fingerprint density at radius 3 is 1.30 bits per heavy atom. The van der Waals surface area contributed by atoms with E-state index in [1.165, 1.54) is 18.7 Å². The van der Waals surface area contributed by atoms with Crippen LogP contribution in [0.15, 0.2) is 0 Å². The predicted octanol–water partition coefficient (Wildman–Crippen LogP) is 2.16. The number of ether oxygens (including phenoxy) is 3. The van der Waals surface area contributed by atoms with Crippen molar-refractivity contribution in [3.63, 3.8) is 0 Å². The molecule has 0 aliphatic rings. The van der Waals surface area contributed by atoms with Crippen LogP contribution < -0.4 is 31.9 Å².